The maximum Gasteiger partial charge on any atom is 0 e. The van der Waals surface area contributed by atoms with E-state index in [4.69, 9.17) is 0 Å². The van der Waals surface area contributed by atoms with E-state index in [0.29, 0.717) is 0 Å². The largest absolute Gasteiger partial charge is 0.412 e. The number of hydrogen-bond donors (Lipinski definition) is 0. The van der Waals surface area contributed by atoms with Crippen LogP contribution in [0.3, 0.4) is 0 Å². The summed E-state index contributed by atoms with van der Waals surface area (Å²) >= 11 is 0. The van der Waals surface area contributed by atoms with Gasteiger partial charge < -0.3 is 21.9 Å². The minimum absolute atomic E-state index is 0. The molecule has 10 heavy (non-hydrogen) atoms. The third-order valence-corrected chi connectivity index (χ3v) is 0. The molecule has 4 nitrogen and oxygen atoms in total. The van der Waals surface area contributed by atoms with Gasteiger partial charge in [0.15, 0.2) is 0 Å². The summed E-state index contributed by atoms with van der Waals surface area (Å²) in [5.74, 6) is 0. The molecule has 62 valence electrons. The molecule has 0 atom stereocenters. The van der Waals surface area contributed by atoms with Crippen molar-refractivity contribution in [3.63, 3.8) is 0 Å². The molecule has 10 heteroatoms. The first-order valence-corrected chi connectivity index (χ1v) is 0. The molecule has 0 aliphatic rings. The topological polar surface area (TPSA) is 126 Å². The van der Waals surface area contributed by atoms with Gasteiger partial charge in [0.2, 0.25) is 0 Å². The monoisotopic (exact) mass is 1190 g/mol. The Morgan fingerprint density at radius 1 is 0.300 bits per heavy atom. The Morgan fingerprint density at radius 3 is 0.300 bits per heavy atom. The molecule has 0 saturated carbocycles. The van der Waals surface area contributed by atoms with E-state index >= 15 is 0 Å². The zero-order valence-corrected chi connectivity index (χ0v) is 27.2. The average Bonchev–Trinajstić information content (AvgIpc) is 0. The summed E-state index contributed by atoms with van der Waals surface area (Å²) in [6.07, 6.45) is 0. The van der Waals surface area contributed by atoms with E-state index in [9.17, 15) is 0 Å². The molecule has 0 fully saturated rings. The second-order valence-corrected chi connectivity index (χ2v) is 0. The molecule has 0 aliphatic heterocycles. The summed E-state index contributed by atoms with van der Waals surface area (Å²) in [5, 5.41) is 0. The quantitative estimate of drug-likeness (QED) is 0.226. The number of hydrogen-bond acceptors (Lipinski definition) is 0. The molecule has 0 heterocycles. The Balaban J connectivity index is 0. The van der Waals surface area contributed by atoms with Crippen molar-refractivity contribution in [1.82, 2.24) is 0 Å². The fourth-order valence-electron chi connectivity index (χ4n) is 0. The predicted molar refractivity (Wildman–Crippen MR) is 14.5 cm³/mol. The van der Waals surface area contributed by atoms with Gasteiger partial charge in [-0.1, -0.05) is 0 Å². The van der Waals surface area contributed by atoms with E-state index in [1.165, 1.54) is 0 Å². The molecule has 6 radical (unpaired) electrons. The summed E-state index contributed by atoms with van der Waals surface area (Å²) in [5.41, 5.74) is 0. The maximum absolute atomic E-state index is 0. The van der Waals surface area contributed by atoms with Crippen molar-refractivity contribution < 1.29 is 237 Å². The zero-order valence-electron chi connectivity index (χ0n) is 4.98. The smallest absolute Gasteiger partial charge is 0 e. The van der Waals surface area contributed by atoms with Crippen molar-refractivity contribution in [2.24, 2.45) is 0 Å². The standard InChI is InChI=1S/4Ac.4H2O.2Rh/h;;;;4*1H2;;. The van der Waals surface area contributed by atoms with Crippen molar-refractivity contribution >= 4 is 0 Å². The molecule has 0 bridgehead atoms. The zero-order chi connectivity index (χ0) is 0. The van der Waals surface area contributed by atoms with Gasteiger partial charge in [-0.3, -0.25) is 0 Å². The fraction of sp³-hybridized carbons (Fsp3) is 0. The van der Waals surface area contributed by atoms with Gasteiger partial charge in [0.05, 0.1) is 0 Å². The Morgan fingerprint density at radius 2 is 0.300 bits per heavy atom. The van der Waals surface area contributed by atoms with Gasteiger partial charge in [0, 0.05) is 215 Å². The summed E-state index contributed by atoms with van der Waals surface area (Å²) in [7, 11) is 0. The third-order valence-electron chi connectivity index (χ3n) is 0. The second kappa shape index (κ2) is 74.5. The van der Waals surface area contributed by atoms with Crippen LogP contribution < -0.4 is 0 Å². The number of rotatable bonds is 0. The summed E-state index contributed by atoms with van der Waals surface area (Å²) in [6, 6.07) is 0. The van der Waals surface area contributed by atoms with Crippen LogP contribution in [0.15, 0.2) is 0 Å². The van der Waals surface area contributed by atoms with Crippen LogP contribution >= 0.6 is 0 Å². The molecule has 0 aromatic rings. The van der Waals surface area contributed by atoms with Crippen LogP contribution in [0.1, 0.15) is 0 Å². The van der Waals surface area contributed by atoms with Crippen LogP contribution in [0.4, 0.5) is 0 Å². The van der Waals surface area contributed by atoms with Gasteiger partial charge >= 0.3 is 0 Å². The normalized spacial score (nSPS) is 0. The molecule has 0 spiro atoms. The Hall–Kier alpha value is 6.85. The van der Waals surface area contributed by atoms with Crippen molar-refractivity contribution in [1.29, 1.82) is 0 Å². The molecule has 0 amide bonds. The molecule has 0 rings (SSSR count). The molecular weight excluding hydrogens is 1180 g/mol. The first-order chi connectivity index (χ1) is 0. The van der Waals surface area contributed by atoms with E-state index in [-0.39, 0.29) is 237 Å². The van der Waals surface area contributed by atoms with Gasteiger partial charge in [0.1, 0.15) is 0 Å². The predicted octanol–water partition coefficient (Wildman–Crippen LogP) is -3.30. The molecule has 0 aromatic carbocycles. The van der Waals surface area contributed by atoms with Gasteiger partial charge in [-0.05, 0) is 0 Å². The molecule has 0 aromatic heterocycles. The van der Waals surface area contributed by atoms with E-state index in [0.717, 1.165) is 0 Å². The molecule has 8 N–H and O–H groups in total. The van der Waals surface area contributed by atoms with Crippen molar-refractivity contribution in [3.8, 4) is 0 Å². The molecular formula is H8Ac4O4Rh2. The second-order valence-electron chi connectivity index (χ2n) is 0. The van der Waals surface area contributed by atoms with Crippen LogP contribution in [0.25, 0.3) is 0 Å². The first-order valence-electron chi connectivity index (χ1n) is 0. The average molecular weight is 1190 g/mol. The minimum Gasteiger partial charge on any atom is -0.412 e. The molecule has 0 unspecified atom stereocenters. The van der Waals surface area contributed by atoms with E-state index in [1.807, 2.05) is 0 Å². The van der Waals surface area contributed by atoms with Crippen LogP contribution in [-0.4, -0.2) is 21.9 Å². The van der Waals surface area contributed by atoms with Crippen LogP contribution in [0, 0.1) is 176 Å². The van der Waals surface area contributed by atoms with Crippen molar-refractivity contribution in [2.45, 2.75) is 0 Å². The molecule has 0 aliphatic carbocycles. The first kappa shape index (κ1) is 90.2. The fourth-order valence-corrected chi connectivity index (χ4v) is 0. The van der Waals surface area contributed by atoms with Crippen LogP contribution in [-0.2, 0) is 39.0 Å². The summed E-state index contributed by atoms with van der Waals surface area (Å²) in [6.45, 7) is 0. The van der Waals surface area contributed by atoms with Crippen LogP contribution in [0.5, 0.6) is 0 Å². The van der Waals surface area contributed by atoms with Crippen molar-refractivity contribution in [2.75, 3.05) is 0 Å². The maximum atomic E-state index is 0. The SMILES string of the molecule is O.O.O.O.[Ac].[Ac].[Ac].[Ac].[Rh].[Rh]. The minimum atomic E-state index is 0. The third kappa shape index (κ3) is 60.7. The van der Waals surface area contributed by atoms with Gasteiger partial charge in [0.25, 0.3) is 0 Å². The van der Waals surface area contributed by atoms with Gasteiger partial charge in [-0.25, -0.2) is 0 Å². The van der Waals surface area contributed by atoms with E-state index in [1.54, 1.807) is 0 Å². The summed E-state index contributed by atoms with van der Waals surface area (Å²) < 4.78 is 0. The van der Waals surface area contributed by atoms with Crippen LogP contribution in [0.2, 0.25) is 0 Å². The van der Waals surface area contributed by atoms with Gasteiger partial charge in [-0.2, -0.15) is 0 Å². The van der Waals surface area contributed by atoms with Crippen molar-refractivity contribution in [3.05, 3.63) is 0 Å². The Kier molecular flexibility index (Phi) is 672. The Labute approximate surface area is 229 Å². The Bertz CT molecular complexity index is 15.2. The van der Waals surface area contributed by atoms with E-state index < -0.39 is 0 Å². The summed E-state index contributed by atoms with van der Waals surface area (Å²) in [4.78, 5) is 0. The molecule has 0 saturated heterocycles. The van der Waals surface area contributed by atoms with E-state index in [2.05, 4.69) is 0 Å². The van der Waals surface area contributed by atoms with Gasteiger partial charge in [-0.15, -0.1) is 0 Å².